The van der Waals surface area contributed by atoms with E-state index < -0.39 is 0 Å². The molecule has 1 saturated heterocycles. The van der Waals surface area contributed by atoms with Crippen molar-refractivity contribution < 1.29 is 9.84 Å². The van der Waals surface area contributed by atoms with E-state index in [1.165, 1.54) is 38.5 Å². The molecule has 0 aromatic rings. The van der Waals surface area contributed by atoms with Gasteiger partial charge < -0.3 is 9.84 Å². The maximum Gasteiger partial charge on any atom is 0.0686 e. The summed E-state index contributed by atoms with van der Waals surface area (Å²) in [7, 11) is 0. The lowest BCUT2D eigenvalue weighted by atomic mass is 9.69. The second-order valence-corrected chi connectivity index (χ2v) is 6.44. The van der Waals surface area contributed by atoms with E-state index in [0.717, 1.165) is 25.9 Å². The number of rotatable bonds is 6. The Hall–Kier alpha value is -0.0800. The van der Waals surface area contributed by atoms with Crippen LogP contribution in [-0.2, 0) is 4.74 Å². The first-order chi connectivity index (χ1) is 8.71. The fourth-order valence-corrected chi connectivity index (χ4v) is 3.74. The Bertz CT molecular complexity index is 247. The summed E-state index contributed by atoms with van der Waals surface area (Å²) >= 11 is 0. The van der Waals surface area contributed by atoms with Gasteiger partial charge in [0.1, 0.15) is 0 Å². The highest BCUT2D eigenvalue weighted by Gasteiger charge is 2.44. The van der Waals surface area contributed by atoms with Crippen molar-refractivity contribution in [3.8, 4) is 0 Å². The summed E-state index contributed by atoms with van der Waals surface area (Å²) in [6.07, 6.45) is 10.6. The summed E-state index contributed by atoms with van der Waals surface area (Å²) in [4.78, 5) is 0. The first-order valence-electron chi connectivity index (χ1n) is 8.03. The minimum atomic E-state index is -0.0945. The number of hydrogen-bond acceptors (Lipinski definition) is 2. The number of ether oxygens (including phenoxy) is 1. The molecule has 2 heteroatoms. The molecule has 2 fully saturated rings. The molecule has 1 saturated carbocycles. The standard InChI is InChI=1S/C16H30O2/c1-3-5-7-13(4-2)15(17)14-8-11-18-16(12-14)9-6-10-16/h13-15,17H,3-12H2,1-2H3. The van der Waals surface area contributed by atoms with E-state index >= 15 is 0 Å². The number of hydrogen-bond donors (Lipinski definition) is 1. The number of unbranched alkanes of at least 4 members (excludes halogenated alkanes) is 1. The average molecular weight is 254 g/mol. The van der Waals surface area contributed by atoms with Gasteiger partial charge in [0.05, 0.1) is 11.7 Å². The summed E-state index contributed by atoms with van der Waals surface area (Å²) in [5, 5.41) is 10.7. The van der Waals surface area contributed by atoms with Gasteiger partial charge in [0.2, 0.25) is 0 Å². The zero-order valence-electron chi connectivity index (χ0n) is 12.2. The highest BCUT2D eigenvalue weighted by atomic mass is 16.5. The lowest BCUT2D eigenvalue weighted by molar-refractivity contribution is -0.161. The van der Waals surface area contributed by atoms with Crippen LogP contribution in [0.2, 0.25) is 0 Å². The third-order valence-corrected chi connectivity index (χ3v) is 5.21. The van der Waals surface area contributed by atoms with Gasteiger partial charge in [-0.1, -0.05) is 33.1 Å². The molecule has 0 bridgehead atoms. The Morgan fingerprint density at radius 3 is 2.67 bits per heavy atom. The van der Waals surface area contributed by atoms with E-state index in [0.29, 0.717) is 11.8 Å². The quantitative estimate of drug-likeness (QED) is 0.778. The molecule has 1 heterocycles. The minimum absolute atomic E-state index is 0.0945. The summed E-state index contributed by atoms with van der Waals surface area (Å²) < 4.78 is 5.97. The van der Waals surface area contributed by atoms with E-state index in [1.807, 2.05) is 0 Å². The Morgan fingerprint density at radius 1 is 1.33 bits per heavy atom. The fourth-order valence-electron chi connectivity index (χ4n) is 3.74. The molecule has 1 spiro atoms. The molecule has 0 amide bonds. The number of aliphatic hydroxyl groups is 1. The lowest BCUT2D eigenvalue weighted by Crippen LogP contribution is -2.48. The van der Waals surface area contributed by atoms with Crippen LogP contribution in [0.4, 0.5) is 0 Å². The third-order valence-electron chi connectivity index (χ3n) is 5.21. The van der Waals surface area contributed by atoms with Crippen LogP contribution < -0.4 is 0 Å². The highest BCUT2D eigenvalue weighted by Crippen LogP contribution is 2.46. The van der Waals surface area contributed by atoms with Crippen molar-refractivity contribution in [2.45, 2.75) is 83.3 Å². The van der Waals surface area contributed by atoms with Crippen LogP contribution >= 0.6 is 0 Å². The van der Waals surface area contributed by atoms with E-state index in [9.17, 15) is 5.11 Å². The molecule has 3 atom stereocenters. The normalized spacial score (nSPS) is 29.8. The molecule has 1 N–H and O–H groups in total. The van der Waals surface area contributed by atoms with Crippen LogP contribution in [0.25, 0.3) is 0 Å². The number of aliphatic hydroxyl groups excluding tert-OH is 1. The zero-order valence-corrected chi connectivity index (χ0v) is 12.2. The van der Waals surface area contributed by atoms with Gasteiger partial charge in [-0.15, -0.1) is 0 Å². The average Bonchev–Trinajstić information content (AvgIpc) is 2.37. The molecular formula is C16H30O2. The van der Waals surface area contributed by atoms with Gasteiger partial charge in [-0.2, -0.15) is 0 Å². The topological polar surface area (TPSA) is 29.5 Å². The molecule has 3 unspecified atom stereocenters. The molecule has 106 valence electrons. The lowest BCUT2D eigenvalue weighted by Gasteiger charge is -2.48. The fraction of sp³-hybridized carbons (Fsp3) is 1.00. The Balaban J connectivity index is 1.88. The Morgan fingerprint density at radius 2 is 2.11 bits per heavy atom. The Labute approximate surface area is 112 Å². The molecule has 0 aromatic heterocycles. The summed E-state index contributed by atoms with van der Waals surface area (Å²) in [6.45, 7) is 5.32. The van der Waals surface area contributed by atoms with Crippen LogP contribution in [-0.4, -0.2) is 23.4 Å². The van der Waals surface area contributed by atoms with Crippen molar-refractivity contribution in [1.82, 2.24) is 0 Å². The second-order valence-electron chi connectivity index (χ2n) is 6.44. The van der Waals surface area contributed by atoms with E-state index in [2.05, 4.69) is 13.8 Å². The summed E-state index contributed by atoms with van der Waals surface area (Å²) in [5.41, 5.74) is 0.174. The van der Waals surface area contributed by atoms with Crippen LogP contribution in [0.15, 0.2) is 0 Å². The van der Waals surface area contributed by atoms with Gasteiger partial charge in [0.25, 0.3) is 0 Å². The van der Waals surface area contributed by atoms with Crippen LogP contribution in [0.1, 0.15) is 71.6 Å². The van der Waals surface area contributed by atoms with Crippen molar-refractivity contribution in [2.75, 3.05) is 6.61 Å². The molecular weight excluding hydrogens is 224 g/mol. The van der Waals surface area contributed by atoms with Crippen molar-refractivity contribution >= 4 is 0 Å². The van der Waals surface area contributed by atoms with Crippen LogP contribution in [0.5, 0.6) is 0 Å². The SMILES string of the molecule is CCCCC(CC)C(O)C1CCOC2(CCC2)C1. The van der Waals surface area contributed by atoms with E-state index in [4.69, 9.17) is 4.74 Å². The molecule has 1 aliphatic heterocycles. The van der Waals surface area contributed by atoms with Crippen LogP contribution in [0, 0.1) is 11.8 Å². The van der Waals surface area contributed by atoms with Gasteiger partial charge in [-0.25, -0.2) is 0 Å². The molecule has 0 radical (unpaired) electrons. The van der Waals surface area contributed by atoms with E-state index in [1.54, 1.807) is 0 Å². The largest absolute Gasteiger partial charge is 0.393 e. The zero-order chi connectivity index (χ0) is 13.0. The molecule has 2 rings (SSSR count). The second kappa shape index (κ2) is 6.38. The van der Waals surface area contributed by atoms with Gasteiger partial charge in [-0.05, 0) is 50.4 Å². The monoisotopic (exact) mass is 254 g/mol. The van der Waals surface area contributed by atoms with E-state index in [-0.39, 0.29) is 11.7 Å². The van der Waals surface area contributed by atoms with Gasteiger partial charge in [0.15, 0.2) is 0 Å². The van der Waals surface area contributed by atoms with Crippen molar-refractivity contribution in [3.63, 3.8) is 0 Å². The van der Waals surface area contributed by atoms with Gasteiger partial charge in [0, 0.05) is 6.61 Å². The van der Waals surface area contributed by atoms with Crippen molar-refractivity contribution in [2.24, 2.45) is 11.8 Å². The van der Waals surface area contributed by atoms with Crippen LogP contribution in [0.3, 0.4) is 0 Å². The molecule has 2 nitrogen and oxygen atoms in total. The maximum atomic E-state index is 10.7. The predicted octanol–water partition coefficient (Wildman–Crippen LogP) is 3.91. The molecule has 2 aliphatic rings. The predicted molar refractivity (Wildman–Crippen MR) is 74.6 cm³/mol. The Kier molecular flexibility index (Phi) is 5.08. The first kappa shape index (κ1) is 14.3. The highest BCUT2D eigenvalue weighted by molar-refractivity contribution is 4.96. The summed E-state index contributed by atoms with van der Waals surface area (Å²) in [6, 6.07) is 0. The summed E-state index contributed by atoms with van der Waals surface area (Å²) in [5.74, 6) is 0.992. The molecule has 1 aliphatic carbocycles. The smallest absolute Gasteiger partial charge is 0.0686 e. The van der Waals surface area contributed by atoms with Crippen molar-refractivity contribution in [3.05, 3.63) is 0 Å². The minimum Gasteiger partial charge on any atom is -0.393 e. The molecule has 0 aromatic carbocycles. The molecule has 18 heavy (non-hydrogen) atoms. The third kappa shape index (κ3) is 3.08. The first-order valence-corrected chi connectivity index (χ1v) is 8.03. The van der Waals surface area contributed by atoms with Gasteiger partial charge in [-0.3, -0.25) is 0 Å². The maximum absolute atomic E-state index is 10.7. The van der Waals surface area contributed by atoms with Gasteiger partial charge >= 0.3 is 0 Å². The van der Waals surface area contributed by atoms with Crippen molar-refractivity contribution in [1.29, 1.82) is 0 Å².